The Morgan fingerprint density at radius 2 is 1.89 bits per heavy atom. The minimum Gasteiger partial charge on any atom is -0.468 e. The fourth-order valence-electron chi connectivity index (χ4n) is 3.49. The first-order valence-corrected chi connectivity index (χ1v) is 9.13. The van der Waals surface area contributed by atoms with Gasteiger partial charge in [0.2, 0.25) is 0 Å². The van der Waals surface area contributed by atoms with E-state index >= 15 is 0 Å². The molecule has 1 aliphatic carbocycles. The average molecular weight is 433 g/mol. The minimum absolute atomic E-state index is 0.229. The lowest BCUT2D eigenvalue weighted by atomic mass is 9.78. The quantitative estimate of drug-likeness (QED) is 0.506. The summed E-state index contributed by atoms with van der Waals surface area (Å²) < 4.78 is 25.0. The van der Waals surface area contributed by atoms with Crippen LogP contribution in [0, 0.1) is 11.7 Å². The molecule has 0 spiro atoms. The number of benzene rings is 2. The molecule has 2 unspecified atom stereocenters. The van der Waals surface area contributed by atoms with Crippen LogP contribution in [0.25, 0.3) is 11.6 Å². The highest BCUT2D eigenvalue weighted by Gasteiger charge is 2.42. The summed E-state index contributed by atoms with van der Waals surface area (Å²) in [6, 6.07) is 12.4. The van der Waals surface area contributed by atoms with Crippen molar-refractivity contribution in [3.05, 3.63) is 69.4 Å². The monoisotopic (exact) mass is 432 g/mol. The maximum atomic E-state index is 14.8. The number of Topliss-reactive ketones (excluding diaryl/α,β-unsaturated/α-hetero) is 1. The first-order valence-electron chi connectivity index (χ1n) is 8.34. The number of carbonyl (C=O) groups is 2. The third kappa shape index (κ3) is 3.59. The number of rotatable bonds is 6. The van der Waals surface area contributed by atoms with Crippen molar-refractivity contribution in [3.8, 4) is 0 Å². The van der Waals surface area contributed by atoms with Gasteiger partial charge in [-0.2, -0.15) is 0 Å². The fraction of sp³-hybridized carbons (Fsp3) is 0.238. The number of ether oxygens (including phenoxy) is 2. The predicted molar refractivity (Wildman–Crippen MR) is 104 cm³/mol. The van der Waals surface area contributed by atoms with E-state index in [0.29, 0.717) is 15.6 Å². The van der Waals surface area contributed by atoms with Crippen molar-refractivity contribution >= 4 is 39.3 Å². The van der Waals surface area contributed by atoms with Crippen LogP contribution in [-0.4, -0.2) is 32.6 Å². The zero-order valence-corrected chi connectivity index (χ0v) is 16.5. The molecule has 0 aromatic heterocycles. The molecule has 0 bridgehead atoms. The van der Waals surface area contributed by atoms with Crippen molar-refractivity contribution in [1.82, 2.24) is 0 Å². The number of methoxy groups -OCH3 is 2. The van der Waals surface area contributed by atoms with E-state index in [1.54, 1.807) is 18.2 Å². The van der Waals surface area contributed by atoms with Crippen molar-refractivity contribution in [2.75, 3.05) is 20.8 Å². The van der Waals surface area contributed by atoms with Crippen LogP contribution in [0.2, 0.25) is 0 Å². The molecule has 0 N–H and O–H groups in total. The number of esters is 1. The molecule has 27 heavy (non-hydrogen) atoms. The van der Waals surface area contributed by atoms with Gasteiger partial charge in [-0.15, -0.1) is 0 Å². The number of carbonyl (C=O) groups excluding carboxylic acids is 2. The molecule has 0 saturated heterocycles. The van der Waals surface area contributed by atoms with Crippen LogP contribution in [0.1, 0.15) is 22.6 Å². The van der Waals surface area contributed by atoms with Gasteiger partial charge < -0.3 is 9.47 Å². The van der Waals surface area contributed by atoms with Crippen molar-refractivity contribution < 1.29 is 23.5 Å². The lowest BCUT2D eigenvalue weighted by Crippen LogP contribution is -2.33. The Labute approximate surface area is 165 Å². The molecule has 0 amide bonds. The van der Waals surface area contributed by atoms with Gasteiger partial charge >= 0.3 is 5.97 Å². The van der Waals surface area contributed by atoms with Crippen molar-refractivity contribution in [2.24, 2.45) is 5.92 Å². The summed E-state index contributed by atoms with van der Waals surface area (Å²) >= 11 is 3.20. The Kier molecular flexibility index (Phi) is 5.87. The molecular weight excluding hydrogens is 415 g/mol. The molecule has 0 radical (unpaired) electrons. The highest BCUT2D eigenvalue weighted by atomic mass is 79.9. The normalized spacial score (nSPS) is 16.4. The highest BCUT2D eigenvalue weighted by Crippen LogP contribution is 2.47. The Balaban J connectivity index is 2.19. The van der Waals surface area contributed by atoms with Crippen LogP contribution in [-0.2, 0) is 19.1 Å². The van der Waals surface area contributed by atoms with Crippen LogP contribution in [0.3, 0.4) is 0 Å². The maximum Gasteiger partial charge on any atom is 0.317 e. The summed E-state index contributed by atoms with van der Waals surface area (Å²) in [6.45, 7) is -0.229. The topological polar surface area (TPSA) is 52.6 Å². The van der Waals surface area contributed by atoms with E-state index in [4.69, 9.17) is 9.47 Å². The van der Waals surface area contributed by atoms with Gasteiger partial charge in [-0.3, -0.25) is 9.59 Å². The van der Waals surface area contributed by atoms with Crippen molar-refractivity contribution in [3.63, 3.8) is 0 Å². The minimum atomic E-state index is -1.12. The van der Waals surface area contributed by atoms with E-state index < -0.39 is 29.4 Å². The zero-order valence-electron chi connectivity index (χ0n) is 14.9. The second-order valence-corrected chi connectivity index (χ2v) is 7.06. The average Bonchev–Trinajstić information content (AvgIpc) is 3.03. The molecule has 140 valence electrons. The van der Waals surface area contributed by atoms with Crippen molar-refractivity contribution in [2.45, 2.75) is 5.92 Å². The molecule has 2 aromatic rings. The van der Waals surface area contributed by atoms with E-state index in [-0.39, 0.29) is 6.61 Å². The maximum absolute atomic E-state index is 14.8. The van der Waals surface area contributed by atoms with E-state index in [1.165, 1.54) is 14.2 Å². The number of allylic oxidation sites excluding steroid dienone is 1. The lowest BCUT2D eigenvalue weighted by Gasteiger charge is -2.25. The third-order valence-corrected chi connectivity index (χ3v) is 5.27. The summed E-state index contributed by atoms with van der Waals surface area (Å²) in [7, 11) is 2.62. The van der Waals surface area contributed by atoms with E-state index in [2.05, 4.69) is 15.9 Å². The summed E-state index contributed by atoms with van der Waals surface area (Å²) in [5, 5.41) is 0. The van der Waals surface area contributed by atoms with Crippen LogP contribution < -0.4 is 0 Å². The van der Waals surface area contributed by atoms with Crippen LogP contribution in [0.15, 0.2) is 46.9 Å². The smallest absolute Gasteiger partial charge is 0.317 e. The largest absolute Gasteiger partial charge is 0.468 e. The van der Waals surface area contributed by atoms with Crippen LogP contribution in [0.4, 0.5) is 4.39 Å². The van der Waals surface area contributed by atoms with E-state index in [1.807, 2.05) is 30.3 Å². The second-order valence-electron chi connectivity index (χ2n) is 6.21. The molecular formula is C21H18BrFO4. The lowest BCUT2D eigenvalue weighted by molar-refractivity contribution is -0.150. The Morgan fingerprint density at radius 3 is 2.59 bits per heavy atom. The van der Waals surface area contributed by atoms with Crippen molar-refractivity contribution in [1.29, 1.82) is 0 Å². The molecule has 0 aliphatic heterocycles. The molecule has 0 fully saturated rings. The molecule has 3 rings (SSSR count). The SMILES string of the molecule is COCC(=O)C(C(=O)OC)C1C(c2cccc(Br)c2F)=Cc2ccccc21. The second kappa shape index (κ2) is 8.15. The zero-order chi connectivity index (χ0) is 19.6. The summed E-state index contributed by atoms with van der Waals surface area (Å²) in [5.41, 5.74) is 2.53. The van der Waals surface area contributed by atoms with Gasteiger partial charge in [0, 0.05) is 18.6 Å². The number of ketones is 1. The van der Waals surface area contributed by atoms with Gasteiger partial charge in [0.1, 0.15) is 18.3 Å². The first kappa shape index (κ1) is 19.5. The first-order chi connectivity index (χ1) is 13.0. The Morgan fingerprint density at radius 1 is 1.15 bits per heavy atom. The number of hydrogen-bond donors (Lipinski definition) is 0. The van der Waals surface area contributed by atoms with Gasteiger partial charge in [0.15, 0.2) is 5.78 Å². The molecule has 4 nitrogen and oxygen atoms in total. The molecule has 1 aliphatic rings. The van der Waals surface area contributed by atoms with Crippen LogP contribution >= 0.6 is 15.9 Å². The molecule has 0 heterocycles. The van der Waals surface area contributed by atoms with Gasteiger partial charge in [0.25, 0.3) is 0 Å². The molecule has 2 aromatic carbocycles. The van der Waals surface area contributed by atoms with E-state index in [9.17, 15) is 14.0 Å². The molecule has 2 atom stereocenters. The highest BCUT2D eigenvalue weighted by molar-refractivity contribution is 9.10. The van der Waals surface area contributed by atoms with Gasteiger partial charge in [-0.25, -0.2) is 4.39 Å². The number of hydrogen-bond acceptors (Lipinski definition) is 4. The Bertz CT molecular complexity index is 922. The number of fused-ring (bicyclic) bond motifs is 1. The third-order valence-electron chi connectivity index (χ3n) is 4.66. The summed E-state index contributed by atoms with van der Waals surface area (Å²) in [4.78, 5) is 25.2. The van der Waals surface area contributed by atoms with Crippen LogP contribution in [0.5, 0.6) is 0 Å². The van der Waals surface area contributed by atoms with Gasteiger partial charge in [-0.05, 0) is 38.7 Å². The van der Waals surface area contributed by atoms with E-state index in [0.717, 1.165) is 11.1 Å². The fourth-order valence-corrected chi connectivity index (χ4v) is 3.86. The Hall–Kier alpha value is -2.31. The summed E-state index contributed by atoms with van der Waals surface area (Å²) in [5.74, 6) is -3.29. The molecule has 6 heteroatoms. The standard InChI is InChI=1S/C21H18BrFO4/c1-26-11-17(24)19(21(25)27-2)18-13-7-4-3-6-12(13)10-15(18)14-8-5-9-16(22)20(14)23/h3-10,18-19H,11H2,1-2H3. The number of halogens is 2. The summed E-state index contributed by atoms with van der Waals surface area (Å²) in [6.07, 6.45) is 1.82. The predicted octanol–water partition coefficient (Wildman–Crippen LogP) is 4.23. The van der Waals surface area contributed by atoms with Gasteiger partial charge in [0.05, 0.1) is 11.6 Å². The molecule has 0 saturated carbocycles. The van der Waals surface area contributed by atoms with Gasteiger partial charge in [-0.1, -0.05) is 42.5 Å².